The average molecular weight is 287 g/mol. The number of nitrogens with zero attached hydrogens (tertiary/aromatic N) is 2. The summed E-state index contributed by atoms with van der Waals surface area (Å²) in [4.78, 5) is 18.4. The molecule has 104 valence electrons. The van der Waals surface area contributed by atoms with Gasteiger partial charge in [-0.2, -0.15) is 0 Å². The number of urea groups is 1. The molecule has 0 saturated carbocycles. The maximum atomic E-state index is 12.2. The molecule has 0 aliphatic carbocycles. The highest BCUT2D eigenvalue weighted by Crippen LogP contribution is 2.32. The minimum Gasteiger partial charge on any atom is -0.332 e. The van der Waals surface area contributed by atoms with Crippen molar-refractivity contribution in [1.82, 2.24) is 15.2 Å². The molecule has 2 aromatic rings. The second-order valence-electron chi connectivity index (χ2n) is 4.93. The molecular weight excluding hydrogens is 270 g/mol. The van der Waals surface area contributed by atoms with Crippen molar-refractivity contribution in [3.8, 4) is 0 Å². The molecule has 1 aliphatic rings. The van der Waals surface area contributed by atoms with Crippen molar-refractivity contribution < 1.29 is 4.79 Å². The van der Waals surface area contributed by atoms with E-state index in [1.54, 1.807) is 11.3 Å². The Bertz CT molecular complexity index is 596. The van der Waals surface area contributed by atoms with Crippen molar-refractivity contribution in [2.45, 2.75) is 25.9 Å². The molecule has 0 radical (unpaired) electrons. The number of aromatic nitrogens is 1. The van der Waals surface area contributed by atoms with Crippen LogP contribution in [0.5, 0.6) is 0 Å². The van der Waals surface area contributed by atoms with Gasteiger partial charge >= 0.3 is 6.03 Å². The van der Waals surface area contributed by atoms with E-state index in [0.717, 1.165) is 23.7 Å². The number of nitrogens with one attached hydrogen (secondary N) is 1. The number of amides is 2. The van der Waals surface area contributed by atoms with Crippen molar-refractivity contribution in [1.29, 1.82) is 0 Å². The minimum absolute atomic E-state index is 0.00393. The number of hydrogen-bond donors (Lipinski definition) is 1. The molecule has 1 saturated heterocycles. The minimum atomic E-state index is -0.00393. The van der Waals surface area contributed by atoms with E-state index in [1.807, 2.05) is 35.4 Å². The first kappa shape index (κ1) is 13.1. The van der Waals surface area contributed by atoms with Gasteiger partial charge in [0.25, 0.3) is 0 Å². The first-order valence-corrected chi connectivity index (χ1v) is 7.62. The highest BCUT2D eigenvalue weighted by atomic mass is 32.1. The van der Waals surface area contributed by atoms with Gasteiger partial charge in [0, 0.05) is 11.9 Å². The molecule has 1 fully saturated rings. The molecule has 1 aromatic heterocycles. The fourth-order valence-corrected chi connectivity index (χ4v) is 3.02. The van der Waals surface area contributed by atoms with E-state index < -0.39 is 0 Å². The van der Waals surface area contributed by atoms with E-state index in [9.17, 15) is 4.79 Å². The monoisotopic (exact) mass is 287 g/mol. The molecule has 0 bridgehead atoms. The zero-order chi connectivity index (χ0) is 13.9. The van der Waals surface area contributed by atoms with Crippen LogP contribution < -0.4 is 5.32 Å². The lowest BCUT2D eigenvalue weighted by Gasteiger charge is -2.41. The van der Waals surface area contributed by atoms with Gasteiger partial charge in [0.15, 0.2) is 0 Å². The molecular formula is C15H17N3OS. The lowest BCUT2D eigenvalue weighted by Crippen LogP contribution is -2.49. The van der Waals surface area contributed by atoms with Gasteiger partial charge < -0.3 is 10.2 Å². The number of likely N-dealkylation sites (tertiary alicyclic amines) is 1. The summed E-state index contributed by atoms with van der Waals surface area (Å²) in [5.74, 6) is 0. The fourth-order valence-electron chi connectivity index (χ4n) is 2.41. The van der Waals surface area contributed by atoms with Crippen LogP contribution in [0, 0.1) is 6.92 Å². The molecule has 5 heteroatoms. The van der Waals surface area contributed by atoms with Gasteiger partial charge in [-0.1, -0.05) is 30.3 Å². The van der Waals surface area contributed by atoms with Gasteiger partial charge in [-0.3, -0.25) is 0 Å². The normalized spacial score (nSPS) is 17.6. The third-order valence-corrected chi connectivity index (χ3v) is 4.37. The summed E-state index contributed by atoms with van der Waals surface area (Å²) in [7, 11) is 0. The topological polar surface area (TPSA) is 45.2 Å². The molecule has 4 nitrogen and oxygen atoms in total. The predicted octanol–water partition coefficient (Wildman–Crippen LogP) is 3.11. The molecule has 20 heavy (non-hydrogen) atoms. The van der Waals surface area contributed by atoms with E-state index in [0.29, 0.717) is 6.54 Å². The first-order valence-electron chi connectivity index (χ1n) is 6.74. The zero-order valence-corrected chi connectivity index (χ0v) is 12.2. The quantitative estimate of drug-likeness (QED) is 0.942. The Hall–Kier alpha value is -1.88. The van der Waals surface area contributed by atoms with Crippen LogP contribution in [0.1, 0.15) is 28.7 Å². The van der Waals surface area contributed by atoms with E-state index in [1.165, 1.54) is 5.56 Å². The maximum Gasteiger partial charge on any atom is 0.318 e. The number of hydrogen-bond acceptors (Lipinski definition) is 3. The second-order valence-corrected chi connectivity index (χ2v) is 5.99. The zero-order valence-electron chi connectivity index (χ0n) is 11.4. The fraction of sp³-hybridized carbons (Fsp3) is 0.333. The Balaban J connectivity index is 1.58. The number of carbonyl (C=O) groups is 1. The standard InChI is InChI=1S/C15H17N3OS/c1-11-17-13(10-20-11)9-16-15(19)18-8-7-14(18)12-5-3-2-4-6-12/h2-6,10,14H,7-9H2,1H3,(H,16,19). The third kappa shape index (κ3) is 2.67. The van der Waals surface area contributed by atoms with Crippen molar-refractivity contribution in [2.24, 2.45) is 0 Å². The van der Waals surface area contributed by atoms with Crippen molar-refractivity contribution in [3.63, 3.8) is 0 Å². The highest BCUT2D eigenvalue weighted by molar-refractivity contribution is 7.09. The van der Waals surface area contributed by atoms with Gasteiger partial charge in [-0.25, -0.2) is 9.78 Å². The number of rotatable bonds is 3. The summed E-state index contributed by atoms with van der Waals surface area (Å²) in [6.07, 6.45) is 1.03. The van der Waals surface area contributed by atoms with Gasteiger partial charge in [0.2, 0.25) is 0 Å². The summed E-state index contributed by atoms with van der Waals surface area (Å²) < 4.78 is 0. The van der Waals surface area contributed by atoms with Gasteiger partial charge in [0.05, 0.1) is 23.3 Å². The average Bonchev–Trinajstić information content (AvgIpc) is 2.82. The lowest BCUT2D eigenvalue weighted by atomic mass is 9.95. The largest absolute Gasteiger partial charge is 0.332 e. The highest BCUT2D eigenvalue weighted by Gasteiger charge is 2.32. The third-order valence-electron chi connectivity index (χ3n) is 3.55. The SMILES string of the molecule is Cc1nc(CNC(=O)N2CCC2c2ccccc2)cs1. The van der Waals surface area contributed by atoms with Crippen molar-refractivity contribution in [2.75, 3.05) is 6.54 Å². The van der Waals surface area contributed by atoms with Crippen LogP contribution in [0.25, 0.3) is 0 Å². The molecule has 0 spiro atoms. The van der Waals surface area contributed by atoms with Crippen LogP contribution in [0.3, 0.4) is 0 Å². The Morgan fingerprint density at radius 3 is 2.85 bits per heavy atom. The number of thiazole rings is 1. The number of benzene rings is 1. The van der Waals surface area contributed by atoms with E-state index in [-0.39, 0.29) is 12.1 Å². The van der Waals surface area contributed by atoms with Gasteiger partial charge in [-0.05, 0) is 18.9 Å². The van der Waals surface area contributed by atoms with Crippen LogP contribution in [0.2, 0.25) is 0 Å². The summed E-state index contributed by atoms with van der Waals surface area (Å²) >= 11 is 1.61. The Labute approximate surface area is 122 Å². The van der Waals surface area contributed by atoms with Crippen LogP contribution in [0.4, 0.5) is 4.79 Å². The maximum absolute atomic E-state index is 12.2. The summed E-state index contributed by atoms with van der Waals surface area (Å²) in [6.45, 7) is 3.29. The van der Waals surface area contributed by atoms with E-state index in [4.69, 9.17) is 0 Å². The molecule has 1 unspecified atom stereocenters. The van der Waals surface area contributed by atoms with Crippen LogP contribution >= 0.6 is 11.3 Å². The van der Waals surface area contributed by atoms with Gasteiger partial charge in [0.1, 0.15) is 0 Å². The Kier molecular flexibility index (Phi) is 3.69. The van der Waals surface area contributed by atoms with E-state index >= 15 is 0 Å². The van der Waals surface area contributed by atoms with Crippen molar-refractivity contribution in [3.05, 3.63) is 52.0 Å². The summed E-state index contributed by atoms with van der Waals surface area (Å²) in [6, 6.07) is 10.4. The Morgan fingerprint density at radius 2 is 2.25 bits per heavy atom. The van der Waals surface area contributed by atoms with Crippen LogP contribution in [-0.2, 0) is 6.54 Å². The Morgan fingerprint density at radius 1 is 1.45 bits per heavy atom. The lowest BCUT2D eigenvalue weighted by molar-refractivity contribution is 0.115. The molecule has 2 heterocycles. The first-order chi connectivity index (χ1) is 9.74. The summed E-state index contributed by atoms with van der Waals surface area (Å²) in [5, 5.41) is 5.96. The smallest absolute Gasteiger partial charge is 0.318 e. The van der Waals surface area contributed by atoms with Crippen LogP contribution in [0.15, 0.2) is 35.7 Å². The number of aryl methyl sites for hydroxylation is 1. The molecule has 1 aliphatic heterocycles. The molecule has 1 N–H and O–H groups in total. The molecule has 1 aromatic carbocycles. The number of carbonyl (C=O) groups excluding carboxylic acids is 1. The van der Waals surface area contributed by atoms with Gasteiger partial charge in [-0.15, -0.1) is 11.3 Å². The van der Waals surface area contributed by atoms with E-state index in [2.05, 4.69) is 22.4 Å². The second kappa shape index (κ2) is 5.63. The van der Waals surface area contributed by atoms with Crippen molar-refractivity contribution >= 4 is 17.4 Å². The molecule has 3 rings (SSSR count). The summed E-state index contributed by atoms with van der Waals surface area (Å²) in [5.41, 5.74) is 2.14. The molecule has 1 atom stereocenters. The molecule has 2 amide bonds. The van der Waals surface area contributed by atoms with Crippen LogP contribution in [-0.4, -0.2) is 22.5 Å². The predicted molar refractivity (Wildman–Crippen MR) is 79.6 cm³/mol.